The summed E-state index contributed by atoms with van der Waals surface area (Å²) in [6, 6.07) is 0.513. The topological polar surface area (TPSA) is 41.5 Å². The maximum Gasteiger partial charge on any atom is 0.0591 e. The van der Waals surface area contributed by atoms with Crippen LogP contribution in [0.5, 0.6) is 0 Å². The van der Waals surface area contributed by atoms with Crippen LogP contribution in [0.4, 0.5) is 0 Å². The van der Waals surface area contributed by atoms with Crippen molar-refractivity contribution in [3.8, 4) is 0 Å². The second-order valence-corrected chi connectivity index (χ2v) is 5.23. The summed E-state index contributed by atoms with van der Waals surface area (Å²) in [4.78, 5) is 0. The molecule has 0 heterocycles. The van der Waals surface area contributed by atoms with E-state index in [2.05, 4.69) is 19.2 Å². The Morgan fingerprint density at radius 3 is 2.81 bits per heavy atom. The molecule has 16 heavy (non-hydrogen) atoms. The van der Waals surface area contributed by atoms with E-state index in [0.29, 0.717) is 18.6 Å². The highest BCUT2D eigenvalue weighted by molar-refractivity contribution is 4.82. The number of hydrogen-bond donors (Lipinski definition) is 2. The molecule has 0 radical (unpaired) electrons. The molecule has 3 nitrogen and oxygen atoms in total. The first-order valence-electron chi connectivity index (χ1n) is 6.66. The van der Waals surface area contributed by atoms with E-state index < -0.39 is 0 Å². The van der Waals surface area contributed by atoms with Crippen molar-refractivity contribution in [1.29, 1.82) is 0 Å². The SMILES string of the molecule is CC(C)CCOCCNC1CCCC1CO. The van der Waals surface area contributed by atoms with Crippen molar-refractivity contribution in [1.82, 2.24) is 5.32 Å². The van der Waals surface area contributed by atoms with Gasteiger partial charge in [-0.05, 0) is 31.1 Å². The summed E-state index contributed by atoms with van der Waals surface area (Å²) in [6.07, 6.45) is 4.76. The fourth-order valence-corrected chi connectivity index (χ4v) is 2.26. The molecule has 1 aliphatic carbocycles. The number of nitrogens with one attached hydrogen (secondary N) is 1. The summed E-state index contributed by atoms with van der Waals surface area (Å²) >= 11 is 0. The second-order valence-electron chi connectivity index (χ2n) is 5.23. The van der Waals surface area contributed by atoms with Gasteiger partial charge in [0.25, 0.3) is 0 Å². The first-order chi connectivity index (χ1) is 7.74. The predicted octanol–water partition coefficient (Wildman–Crippen LogP) is 1.80. The summed E-state index contributed by atoms with van der Waals surface area (Å²) in [5.74, 6) is 1.19. The lowest BCUT2D eigenvalue weighted by molar-refractivity contribution is 0.119. The van der Waals surface area contributed by atoms with E-state index >= 15 is 0 Å². The van der Waals surface area contributed by atoms with Gasteiger partial charge >= 0.3 is 0 Å². The standard InChI is InChI=1S/C13H27NO2/c1-11(2)6-8-16-9-7-14-13-5-3-4-12(13)10-15/h11-15H,3-10H2,1-2H3. The molecule has 0 spiro atoms. The molecular weight excluding hydrogens is 202 g/mol. The first-order valence-corrected chi connectivity index (χ1v) is 6.66. The molecule has 1 saturated carbocycles. The zero-order valence-corrected chi connectivity index (χ0v) is 10.7. The van der Waals surface area contributed by atoms with E-state index in [4.69, 9.17) is 9.84 Å². The Morgan fingerprint density at radius 1 is 1.31 bits per heavy atom. The Bertz CT molecular complexity index is 173. The van der Waals surface area contributed by atoms with Gasteiger partial charge in [-0.3, -0.25) is 0 Å². The van der Waals surface area contributed by atoms with Gasteiger partial charge in [0.2, 0.25) is 0 Å². The van der Waals surface area contributed by atoms with Gasteiger partial charge < -0.3 is 15.2 Å². The Kier molecular flexibility index (Phi) is 7.01. The molecule has 0 bridgehead atoms. The number of aliphatic hydroxyl groups is 1. The van der Waals surface area contributed by atoms with Crippen molar-refractivity contribution in [2.75, 3.05) is 26.4 Å². The number of hydrogen-bond acceptors (Lipinski definition) is 3. The van der Waals surface area contributed by atoms with Crippen molar-refractivity contribution < 1.29 is 9.84 Å². The summed E-state index contributed by atoms with van der Waals surface area (Å²) < 4.78 is 5.55. The van der Waals surface area contributed by atoms with Crippen LogP contribution in [-0.2, 0) is 4.74 Å². The highest BCUT2D eigenvalue weighted by atomic mass is 16.5. The van der Waals surface area contributed by atoms with Crippen LogP contribution < -0.4 is 5.32 Å². The highest BCUT2D eigenvalue weighted by Gasteiger charge is 2.25. The predicted molar refractivity (Wildman–Crippen MR) is 66.5 cm³/mol. The van der Waals surface area contributed by atoms with E-state index in [0.717, 1.165) is 32.1 Å². The van der Waals surface area contributed by atoms with Gasteiger partial charge in [0.05, 0.1) is 6.61 Å². The van der Waals surface area contributed by atoms with E-state index in [1.54, 1.807) is 0 Å². The zero-order valence-electron chi connectivity index (χ0n) is 10.7. The lowest BCUT2D eigenvalue weighted by atomic mass is 10.1. The third-order valence-electron chi connectivity index (χ3n) is 3.39. The van der Waals surface area contributed by atoms with Crippen LogP contribution in [0.2, 0.25) is 0 Å². The molecule has 0 amide bonds. The van der Waals surface area contributed by atoms with Crippen molar-refractivity contribution in [2.45, 2.75) is 45.6 Å². The van der Waals surface area contributed by atoms with Gasteiger partial charge in [-0.15, -0.1) is 0 Å². The van der Waals surface area contributed by atoms with Crippen molar-refractivity contribution >= 4 is 0 Å². The number of rotatable bonds is 8. The van der Waals surface area contributed by atoms with E-state index in [1.165, 1.54) is 19.3 Å². The Hall–Kier alpha value is -0.120. The lowest BCUT2D eigenvalue weighted by Gasteiger charge is -2.19. The molecule has 0 aliphatic heterocycles. The minimum Gasteiger partial charge on any atom is -0.396 e. The third kappa shape index (κ3) is 5.28. The molecule has 1 fully saturated rings. The Balaban J connectivity index is 1.94. The molecule has 3 heteroatoms. The molecule has 2 N–H and O–H groups in total. The average Bonchev–Trinajstić information content (AvgIpc) is 2.70. The molecule has 2 unspecified atom stereocenters. The van der Waals surface area contributed by atoms with E-state index in [1.807, 2.05) is 0 Å². The second kappa shape index (κ2) is 8.04. The molecule has 0 aromatic rings. The molecule has 96 valence electrons. The Labute approximate surface area is 99.6 Å². The molecular formula is C13H27NO2. The third-order valence-corrected chi connectivity index (χ3v) is 3.39. The molecule has 0 aromatic carbocycles. The normalized spacial score (nSPS) is 25.5. The van der Waals surface area contributed by atoms with Gasteiger partial charge in [0.1, 0.15) is 0 Å². The fourth-order valence-electron chi connectivity index (χ4n) is 2.26. The van der Waals surface area contributed by atoms with Gasteiger partial charge in [0.15, 0.2) is 0 Å². The fraction of sp³-hybridized carbons (Fsp3) is 1.00. The van der Waals surface area contributed by atoms with Crippen LogP contribution in [0.15, 0.2) is 0 Å². The van der Waals surface area contributed by atoms with Gasteiger partial charge in [-0.25, -0.2) is 0 Å². The molecule has 0 aromatic heterocycles. The number of ether oxygens (including phenoxy) is 1. The zero-order chi connectivity index (χ0) is 11.8. The molecule has 1 aliphatic rings. The van der Waals surface area contributed by atoms with Gasteiger partial charge in [-0.2, -0.15) is 0 Å². The van der Waals surface area contributed by atoms with Crippen LogP contribution in [0.25, 0.3) is 0 Å². The van der Waals surface area contributed by atoms with Crippen LogP contribution in [0, 0.1) is 11.8 Å². The van der Waals surface area contributed by atoms with Crippen molar-refractivity contribution in [3.63, 3.8) is 0 Å². The smallest absolute Gasteiger partial charge is 0.0591 e. The van der Waals surface area contributed by atoms with Crippen LogP contribution in [0.3, 0.4) is 0 Å². The lowest BCUT2D eigenvalue weighted by Crippen LogP contribution is -2.36. The largest absolute Gasteiger partial charge is 0.396 e. The summed E-state index contributed by atoms with van der Waals surface area (Å²) in [7, 11) is 0. The Morgan fingerprint density at radius 2 is 2.12 bits per heavy atom. The van der Waals surface area contributed by atoms with Crippen LogP contribution in [0.1, 0.15) is 39.5 Å². The van der Waals surface area contributed by atoms with Crippen molar-refractivity contribution in [2.24, 2.45) is 11.8 Å². The van der Waals surface area contributed by atoms with Crippen molar-refractivity contribution in [3.05, 3.63) is 0 Å². The van der Waals surface area contributed by atoms with Gasteiger partial charge in [0, 0.05) is 25.8 Å². The summed E-state index contributed by atoms with van der Waals surface area (Å²) in [6.45, 7) is 7.33. The van der Waals surface area contributed by atoms with E-state index in [-0.39, 0.29) is 0 Å². The molecule has 1 rings (SSSR count). The monoisotopic (exact) mass is 229 g/mol. The van der Waals surface area contributed by atoms with E-state index in [9.17, 15) is 0 Å². The molecule has 2 atom stereocenters. The summed E-state index contributed by atoms with van der Waals surface area (Å²) in [5.41, 5.74) is 0. The highest BCUT2D eigenvalue weighted by Crippen LogP contribution is 2.24. The quantitative estimate of drug-likeness (QED) is 0.624. The first kappa shape index (κ1) is 13.9. The maximum atomic E-state index is 9.17. The molecule has 0 saturated heterocycles. The van der Waals surface area contributed by atoms with Crippen LogP contribution in [-0.4, -0.2) is 37.5 Å². The minimum atomic E-state index is 0.325. The average molecular weight is 229 g/mol. The minimum absolute atomic E-state index is 0.325. The summed E-state index contributed by atoms with van der Waals surface area (Å²) in [5, 5.41) is 12.7. The van der Waals surface area contributed by atoms with Gasteiger partial charge in [-0.1, -0.05) is 20.3 Å². The number of aliphatic hydroxyl groups excluding tert-OH is 1. The van der Waals surface area contributed by atoms with Crippen LogP contribution >= 0.6 is 0 Å². The maximum absolute atomic E-state index is 9.17.